The van der Waals surface area contributed by atoms with E-state index in [1.165, 1.54) is 24.2 Å². The van der Waals surface area contributed by atoms with Crippen molar-refractivity contribution >= 4 is 16.5 Å². The smallest absolute Gasteiger partial charge is 0.228 e. The molecular weight excluding hydrogens is 313 g/mol. The fourth-order valence-corrected chi connectivity index (χ4v) is 4.03. The van der Waals surface area contributed by atoms with Crippen molar-refractivity contribution < 1.29 is 9.13 Å². The summed E-state index contributed by atoms with van der Waals surface area (Å²) in [4.78, 5) is 8.13. The van der Waals surface area contributed by atoms with Crippen molar-refractivity contribution in [3.05, 3.63) is 28.6 Å². The number of likely N-dealkylation sites (tertiary alicyclic amines) is 1. The van der Waals surface area contributed by atoms with Gasteiger partial charge in [0.15, 0.2) is 5.13 Å². The number of benzene rings is 1. The van der Waals surface area contributed by atoms with Gasteiger partial charge >= 0.3 is 0 Å². The average Bonchev–Trinajstić information content (AvgIpc) is 3.05. The van der Waals surface area contributed by atoms with Crippen molar-refractivity contribution in [2.45, 2.75) is 39.3 Å². The van der Waals surface area contributed by atoms with Gasteiger partial charge in [-0.15, -0.1) is 11.3 Å². The van der Waals surface area contributed by atoms with Crippen LogP contribution in [-0.2, 0) is 6.54 Å². The van der Waals surface area contributed by atoms with Crippen molar-refractivity contribution in [1.29, 1.82) is 0 Å². The predicted molar refractivity (Wildman–Crippen MR) is 92.4 cm³/mol. The Balaban J connectivity index is 1.93. The highest BCUT2D eigenvalue weighted by molar-refractivity contribution is 7.15. The lowest BCUT2D eigenvalue weighted by Crippen LogP contribution is -2.25. The van der Waals surface area contributed by atoms with Gasteiger partial charge in [0, 0.05) is 23.0 Å². The van der Waals surface area contributed by atoms with Gasteiger partial charge in [0.25, 0.3) is 0 Å². The van der Waals surface area contributed by atoms with Crippen LogP contribution in [0, 0.1) is 6.92 Å². The number of aromatic nitrogens is 1. The molecule has 2 N–H and O–H groups in total. The zero-order valence-corrected chi connectivity index (χ0v) is 14.3. The Bertz CT molecular complexity index is 688. The van der Waals surface area contributed by atoms with Crippen LogP contribution in [0.4, 0.5) is 9.52 Å². The molecule has 2 aromatic rings. The van der Waals surface area contributed by atoms with Gasteiger partial charge < -0.3 is 10.5 Å². The Morgan fingerprint density at radius 3 is 2.96 bits per heavy atom. The number of nitrogen functional groups attached to an aromatic ring is 1. The third-order valence-corrected chi connectivity index (χ3v) is 5.17. The third kappa shape index (κ3) is 3.64. The Labute approximate surface area is 140 Å². The van der Waals surface area contributed by atoms with Crippen molar-refractivity contribution in [3.63, 3.8) is 0 Å². The summed E-state index contributed by atoms with van der Waals surface area (Å²) in [5.74, 6) is 0.523. The molecule has 1 fully saturated rings. The SMILES string of the molecule is Cc1cc(OCF)cc(-c2nc(N)sc2CN2CCC[C@H]2C)c1. The molecule has 0 spiro atoms. The molecule has 1 saturated heterocycles. The summed E-state index contributed by atoms with van der Waals surface area (Å²) in [6.45, 7) is 5.37. The van der Waals surface area contributed by atoms with Crippen molar-refractivity contribution in [2.75, 3.05) is 19.1 Å². The van der Waals surface area contributed by atoms with E-state index in [-0.39, 0.29) is 0 Å². The van der Waals surface area contributed by atoms with E-state index in [0.717, 1.165) is 34.8 Å². The highest BCUT2D eigenvalue weighted by atomic mass is 32.1. The Morgan fingerprint density at radius 2 is 2.26 bits per heavy atom. The van der Waals surface area contributed by atoms with Crippen LogP contribution < -0.4 is 10.5 Å². The van der Waals surface area contributed by atoms with Gasteiger partial charge in [-0.2, -0.15) is 0 Å². The maximum atomic E-state index is 12.5. The van der Waals surface area contributed by atoms with E-state index < -0.39 is 6.86 Å². The standard InChI is InChI=1S/C17H22FN3OS/c1-11-6-13(8-14(7-11)22-10-18)16-15(23-17(19)20-16)9-21-5-3-4-12(21)2/h6-8,12H,3-5,9-10H2,1-2H3,(H2,19,20)/t12-/m1/s1. The lowest BCUT2D eigenvalue weighted by molar-refractivity contribution is 0.192. The summed E-state index contributed by atoms with van der Waals surface area (Å²) < 4.78 is 17.5. The lowest BCUT2D eigenvalue weighted by Gasteiger charge is -2.20. The average molecular weight is 335 g/mol. The maximum Gasteiger partial charge on any atom is 0.228 e. The van der Waals surface area contributed by atoms with E-state index in [0.29, 0.717) is 16.9 Å². The van der Waals surface area contributed by atoms with E-state index in [2.05, 4.69) is 16.8 Å². The Morgan fingerprint density at radius 1 is 1.43 bits per heavy atom. The predicted octanol–water partition coefficient (Wildman–Crippen LogP) is 3.99. The Hall–Kier alpha value is -1.66. The quantitative estimate of drug-likeness (QED) is 0.897. The van der Waals surface area contributed by atoms with Crippen LogP contribution in [0.15, 0.2) is 18.2 Å². The minimum absolute atomic E-state index is 0.523. The van der Waals surface area contributed by atoms with E-state index >= 15 is 0 Å². The lowest BCUT2D eigenvalue weighted by atomic mass is 10.1. The van der Waals surface area contributed by atoms with Crippen LogP contribution in [0.1, 0.15) is 30.2 Å². The van der Waals surface area contributed by atoms with Crippen molar-refractivity contribution in [1.82, 2.24) is 9.88 Å². The number of ether oxygens (including phenoxy) is 1. The maximum absolute atomic E-state index is 12.5. The first-order valence-electron chi connectivity index (χ1n) is 7.87. The number of hydrogen-bond acceptors (Lipinski definition) is 5. The second-order valence-electron chi connectivity index (χ2n) is 6.07. The normalized spacial score (nSPS) is 18.5. The van der Waals surface area contributed by atoms with E-state index in [9.17, 15) is 4.39 Å². The minimum atomic E-state index is -0.833. The topological polar surface area (TPSA) is 51.4 Å². The molecule has 1 aliphatic rings. The molecule has 0 amide bonds. The minimum Gasteiger partial charge on any atom is -0.463 e. The van der Waals surface area contributed by atoms with Crippen LogP contribution in [0.25, 0.3) is 11.3 Å². The van der Waals surface area contributed by atoms with Gasteiger partial charge in [0.05, 0.1) is 5.69 Å². The summed E-state index contributed by atoms with van der Waals surface area (Å²) in [6, 6.07) is 6.28. The zero-order valence-electron chi connectivity index (χ0n) is 13.5. The van der Waals surface area contributed by atoms with Gasteiger partial charge in [0.1, 0.15) is 5.75 Å². The molecule has 2 heterocycles. The summed E-state index contributed by atoms with van der Waals surface area (Å²) >= 11 is 1.53. The molecule has 1 atom stereocenters. The van der Waals surface area contributed by atoms with Gasteiger partial charge in [-0.05, 0) is 57.0 Å². The van der Waals surface area contributed by atoms with Crippen LogP contribution in [-0.4, -0.2) is 29.3 Å². The van der Waals surface area contributed by atoms with Crippen LogP contribution >= 0.6 is 11.3 Å². The number of alkyl halides is 1. The molecule has 23 heavy (non-hydrogen) atoms. The molecule has 0 bridgehead atoms. The number of rotatable bonds is 5. The molecule has 1 aliphatic heterocycles. The van der Waals surface area contributed by atoms with Gasteiger partial charge in [-0.25, -0.2) is 9.37 Å². The number of anilines is 1. The number of halogens is 1. The third-order valence-electron chi connectivity index (χ3n) is 4.30. The monoisotopic (exact) mass is 335 g/mol. The van der Waals surface area contributed by atoms with Crippen LogP contribution in [0.3, 0.4) is 0 Å². The van der Waals surface area contributed by atoms with Gasteiger partial charge in [-0.3, -0.25) is 4.90 Å². The molecule has 4 nitrogen and oxygen atoms in total. The Kier molecular flexibility index (Phi) is 4.82. The van der Waals surface area contributed by atoms with Crippen molar-refractivity contribution in [3.8, 4) is 17.0 Å². The van der Waals surface area contributed by atoms with Crippen LogP contribution in [0.5, 0.6) is 5.75 Å². The zero-order chi connectivity index (χ0) is 16.4. The molecule has 124 valence electrons. The largest absolute Gasteiger partial charge is 0.463 e. The molecule has 3 rings (SSSR count). The highest BCUT2D eigenvalue weighted by Gasteiger charge is 2.23. The highest BCUT2D eigenvalue weighted by Crippen LogP contribution is 2.34. The number of nitrogens with two attached hydrogens (primary N) is 1. The number of nitrogens with zero attached hydrogens (tertiary/aromatic N) is 2. The van der Waals surface area contributed by atoms with Crippen LogP contribution in [0.2, 0.25) is 0 Å². The van der Waals surface area contributed by atoms with Crippen molar-refractivity contribution in [2.24, 2.45) is 0 Å². The first kappa shape index (κ1) is 16.2. The molecule has 1 aromatic heterocycles. The molecule has 0 unspecified atom stereocenters. The molecular formula is C17H22FN3OS. The molecule has 0 saturated carbocycles. The number of thiazole rings is 1. The van der Waals surface area contributed by atoms with Gasteiger partial charge in [-0.1, -0.05) is 0 Å². The fraction of sp³-hybridized carbons (Fsp3) is 0.471. The molecule has 0 radical (unpaired) electrons. The summed E-state index contributed by atoms with van der Waals surface area (Å²) in [5.41, 5.74) is 8.79. The number of aryl methyl sites for hydroxylation is 1. The molecule has 0 aliphatic carbocycles. The second-order valence-corrected chi connectivity index (χ2v) is 7.19. The fourth-order valence-electron chi connectivity index (χ4n) is 3.15. The van der Waals surface area contributed by atoms with Gasteiger partial charge in [0.2, 0.25) is 6.86 Å². The summed E-state index contributed by atoms with van der Waals surface area (Å²) in [5, 5.41) is 0.566. The number of hydrogen-bond donors (Lipinski definition) is 1. The second kappa shape index (κ2) is 6.84. The summed E-state index contributed by atoms with van der Waals surface area (Å²) in [7, 11) is 0. The van der Waals surface area contributed by atoms with E-state index in [4.69, 9.17) is 10.5 Å². The molecule has 1 aromatic carbocycles. The first-order valence-corrected chi connectivity index (χ1v) is 8.68. The van der Waals surface area contributed by atoms with E-state index in [1.54, 1.807) is 0 Å². The van der Waals surface area contributed by atoms with E-state index in [1.807, 2.05) is 25.1 Å². The summed E-state index contributed by atoms with van der Waals surface area (Å²) in [6.07, 6.45) is 2.48. The molecule has 6 heteroatoms. The first-order chi connectivity index (χ1) is 11.1.